The molecule has 0 radical (unpaired) electrons. The van der Waals surface area contributed by atoms with Crippen LogP contribution in [0.15, 0.2) is 48.5 Å². The van der Waals surface area contributed by atoms with E-state index in [2.05, 4.69) is 5.32 Å². The molecule has 0 aliphatic heterocycles. The van der Waals surface area contributed by atoms with Crippen LogP contribution in [0.1, 0.15) is 44.7 Å². The van der Waals surface area contributed by atoms with Crippen LogP contribution in [0, 0.1) is 6.92 Å². The lowest BCUT2D eigenvalue weighted by Crippen LogP contribution is -2.53. The number of ether oxygens (including phenoxy) is 1. The number of benzene rings is 2. The van der Waals surface area contributed by atoms with Gasteiger partial charge >= 0.3 is 0 Å². The molecule has 1 N–H and O–H groups in total. The fourth-order valence-corrected chi connectivity index (χ4v) is 4.53. The van der Waals surface area contributed by atoms with Gasteiger partial charge in [0.05, 0.1) is 19.1 Å². The van der Waals surface area contributed by atoms with E-state index in [0.29, 0.717) is 17.9 Å². The first kappa shape index (κ1) is 28.2. The second-order valence-corrected chi connectivity index (χ2v) is 10.6. The van der Waals surface area contributed by atoms with E-state index in [1.165, 1.54) is 4.90 Å². The maximum Gasteiger partial charge on any atom is 0.244 e. The molecule has 0 heterocycles. The SMILES string of the molecule is CC[C@H](C(=O)N[C@@H](C)CC)N(Cc1ccc(OC)cc1)C(=O)CN(c1cccc(C)c1)S(C)(=O)=O. The highest BCUT2D eigenvalue weighted by atomic mass is 32.2. The van der Waals surface area contributed by atoms with Crippen molar-refractivity contribution >= 4 is 27.5 Å². The van der Waals surface area contributed by atoms with Crippen LogP contribution in [-0.4, -0.2) is 57.1 Å². The van der Waals surface area contributed by atoms with Crippen molar-refractivity contribution < 1.29 is 22.7 Å². The van der Waals surface area contributed by atoms with Gasteiger partial charge in [-0.05, 0) is 62.1 Å². The van der Waals surface area contributed by atoms with Crippen molar-refractivity contribution in [3.05, 3.63) is 59.7 Å². The second-order valence-electron chi connectivity index (χ2n) is 8.72. The van der Waals surface area contributed by atoms with Crippen LogP contribution < -0.4 is 14.4 Å². The Bertz CT molecular complexity index is 1100. The number of aryl methyl sites for hydroxylation is 1. The summed E-state index contributed by atoms with van der Waals surface area (Å²) in [5.41, 5.74) is 2.08. The van der Waals surface area contributed by atoms with Gasteiger partial charge in [-0.15, -0.1) is 0 Å². The molecule has 2 rings (SSSR count). The van der Waals surface area contributed by atoms with Crippen molar-refractivity contribution in [3.63, 3.8) is 0 Å². The summed E-state index contributed by atoms with van der Waals surface area (Å²) in [6.07, 6.45) is 2.21. The number of amides is 2. The summed E-state index contributed by atoms with van der Waals surface area (Å²) in [6, 6.07) is 13.4. The zero-order valence-electron chi connectivity index (χ0n) is 21.4. The Morgan fingerprint density at radius 1 is 1.06 bits per heavy atom. The first-order valence-corrected chi connectivity index (χ1v) is 13.6. The van der Waals surface area contributed by atoms with Crippen LogP contribution in [-0.2, 0) is 26.2 Å². The summed E-state index contributed by atoms with van der Waals surface area (Å²) in [7, 11) is -2.18. The number of methoxy groups -OCH3 is 1. The van der Waals surface area contributed by atoms with Crippen molar-refractivity contribution in [3.8, 4) is 5.75 Å². The molecule has 2 atom stereocenters. The number of nitrogens with zero attached hydrogens (tertiary/aromatic N) is 2. The lowest BCUT2D eigenvalue weighted by atomic mass is 10.1. The molecule has 192 valence electrons. The Morgan fingerprint density at radius 2 is 1.71 bits per heavy atom. The molecule has 2 amide bonds. The van der Waals surface area contributed by atoms with Crippen molar-refractivity contribution in [1.82, 2.24) is 10.2 Å². The molecule has 0 saturated carbocycles. The first-order chi connectivity index (χ1) is 16.5. The Kier molecular flexibility index (Phi) is 10.1. The van der Waals surface area contributed by atoms with Crippen molar-refractivity contribution in [1.29, 1.82) is 0 Å². The predicted molar refractivity (Wildman–Crippen MR) is 139 cm³/mol. The van der Waals surface area contributed by atoms with Gasteiger partial charge in [0, 0.05) is 12.6 Å². The van der Waals surface area contributed by atoms with E-state index in [9.17, 15) is 18.0 Å². The normalized spacial score (nSPS) is 13.0. The molecule has 0 saturated heterocycles. The third-order valence-corrected chi connectivity index (χ3v) is 7.01. The van der Waals surface area contributed by atoms with Gasteiger partial charge < -0.3 is 15.0 Å². The summed E-state index contributed by atoms with van der Waals surface area (Å²) in [5.74, 6) is -0.0417. The number of carbonyl (C=O) groups is 2. The fraction of sp³-hybridized carbons (Fsp3) is 0.462. The number of carbonyl (C=O) groups excluding carboxylic acids is 2. The van der Waals surface area contributed by atoms with E-state index in [-0.39, 0.29) is 18.5 Å². The van der Waals surface area contributed by atoms with Gasteiger partial charge in [0.15, 0.2) is 0 Å². The summed E-state index contributed by atoms with van der Waals surface area (Å²) < 4.78 is 31.6. The van der Waals surface area contributed by atoms with Gasteiger partial charge in [0.2, 0.25) is 21.8 Å². The molecule has 0 bridgehead atoms. The molecule has 0 aliphatic rings. The number of sulfonamides is 1. The van der Waals surface area contributed by atoms with Gasteiger partial charge in [0.1, 0.15) is 18.3 Å². The number of hydrogen-bond acceptors (Lipinski definition) is 5. The van der Waals surface area contributed by atoms with E-state index < -0.39 is 28.5 Å². The number of anilines is 1. The zero-order valence-corrected chi connectivity index (χ0v) is 22.3. The van der Waals surface area contributed by atoms with Gasteiger partial charge in [-0.1, -0.05) is 38.1 Å². The zero-order chi connectivity index (χ0) is 26.2. The van der Waals surface area contributed by atoms with E-state index in [4.69, 9.17) is 4.74 Å². The van der Waals surface area contributed by atoms with E-state index in [1.807, 2.05) is 45.9 Å². The Morgan fingerprint density at radius 3 is 2.23 bits per heavy atom. The summed E-state index contributed by atoms with van der Waals surface area (Å²) >= 11 is 0. The van der Waals surface area contributed by atoms with E-state index >= 15 is 0 Å². The largest absolute Gasteiger partial charge is 0.497 e. The summed E-state index contributed by atoms with van der Waals surface area (Å²) in [5, 5.41) is 2.96. The molecule has 0 fully saturated rings. The number of rotatable bonds is 12. The molecule has 0 spiro atoms. The molecular weight excluding hydrogens is 466 g/mol. The van der Waals surface area contributed by atoms with Crippen LogP contribution in [0.4, 0.5) is 5.69 Å². The van der Waals surface area contributed by atoms with Crippen LogP contribution in [0.5, 0.6) is 5.75 Å². The molecule has 35 heavy (non-hydrogen) atoms. The Labute approximate surface area is 209 Å². The van der Waals surface area contributed by atoms with E-state index in [0.717, 1.165) is 28.1 Å². The third kappa shape index (κ3) is 7.99. The summed E-state index contributed by atoms with van der Waals surface area (Å²) in [4.78, 5) is 28.2. The van der Waals surface area contributed by atoms with Gasteiger partial charge in [-0.25, -0.2) is 8.42 Å². The van der Waals surface area contributed by atoms with Gasteiger partial charge in [0.25, 0.3) is 0 Å². The van der Waals surface area contributed by atoms with Gasteiger partial charge in [-0.2, -0.15) is 0 Å². The quantitative estimate of drug-likeness (QED) is 0.478. The maximum absolute atomic E-state index is 13.7. The number of nitrogens with one attached hydrogen (secondary N) is 1. The molecule has 2 aromatic carbocycles. The monoisotopic (exact) mass is 503 g/mol. The minimum absolute atomic E-state index is 0.0469. The topological polar surface area (TPSA) is 96.0 Å². The lowest BCUT2D eigenvalue weighted by molar-refractivity contribution is -0.140. The number of hydrogen-bond donors (Lipinski definition) is 1. The minimum atomic E-state index is -3.75. The molecule has 8 nitrogen and oxygen atoms in total. The van der Waals surface area contributed by atoms with Crippen LogP contribution in [0.25, 0.3) is 0 Å². The highest BCUT2D eigenvalue weighted by Gasteiger charge is 2.32. The predicted octanol–water partition coefficient (Wildman–Crippen LogP) is 3.49. The standard InChI is InChI=1S/C26H37N3O5S/c1-7-20(4)27-26(31)24(8-2)28(17-21-12-14-23(34-5)15-13-21)25(30)18-29(35(6,32)33)22-11-9-10-19(3)16-22/h9-16,20,24H,7-8,17-18H2,1-6H3,(H,27,31)/t20-,24+/m0/s1. The first-order valence-electron chi connectivity index (χ1n) is 11.8. The maximum atomic E-state index is 13.7. The second kappa shape index (κ2) is 12.6. The van der Waals surface area contributed by atoms with Crippen LogP contribution in [0.3, 0.4) is 0 Å². The average molecular weight is 504 g/mol. The van der Waals surface area contributed by atoms with Crippen molar-refractivity contribution in [2.75, 3.05) is 24.2 Å². The van der Waals surface area contributed by atoms with Crippen LogP contribution >= 0.6 is 0 Å². The third-order valence-electron chi connectivity index (χ3n) is 5.87. The Balaban J connectivity index is 2.43. The molecule has 2 aromatic rings. The average Bonchev–Trinajstić information content (AvgIpc) is 2.81. The minimum Gasteiger partial charge on any atom is -0.497 e. The van der Waals surface area contributed by atoms with Crippen molar-refractivity contribution in [2.24, 2.45) is 0 Å². The van der Waals surface area contributed by atoms with Crippen molar-refractivity contribution in [2.45, 2.75) is 59.2 Å². The lowest BCUT2D eigenvalue weighted by Gasteiger charge is -2.33. The molecule has 0 aromatic heterocycles. The molecular formula is C26H37N3O5S. The smallest absolute Gasteiger partial charge is 0.244 e. The van der Waals surface area contributed by atoms with Crippen LogP contribution in [0.2, 0.25) is 0 Å². The highest BCUT2D eigenvalue weighted by Crippen LogP contribution is 2.21. The highest BCUT2D eigenvalue weighted by molar-refractivity contribution is 7.92. The fourth-order valence-electron chi connectivity index (χ4n) is 3.69. The molecule has 9 heteroatoms. The van der Waals surface area contributed by atoms with E-state index in [1.54, 1.807) is 37.4 Å². The van der Waals surface area contributed by atoms with Gasteiger partial charge in [-0.3, -0.25) is 13.9 Å². The molecule has 0 aliphatic carbocycles. The Hall–Kier alpha value is -3.07. The molecule has 0 unspecified atom stereocenters. The summed E-state index contributed by atoms with van der Waals surface area (Å²) in [6.45, 7) is 7.31.